The number of likely N-dealkylation sites (N-methyl/N-ethyl adjacent to an activating group) is 1. The molecule has 3 aliphatic rings. The third kappa shape index (κ3) is 5.21. The first kappa shape index (κ1) is 21.3. The van der Waals surface area contributed by atoms with Crippen molar-refractivity contribution in [1.82, 2.24) is 19.8 Å². The highest BCUT2D eigenvalue weighted by atomic mass is 16.6. The van der Waals surface area contributed by atoms with Crippen LogP contribution in [0.4, 0.5) is 10.7 Å². The zero-order chi connectivity index (χ0) is 21.3. The van der Waals surface area contributed by atoms with Crippen molar-refractivity contribution in [2.24, 2.45) is 5.92 Å². The van der Waals surface area contributed by atoms with Gasteiger partial charge in [-0.15, -0.1) is 0 Å². The summed E-state index contributed by atoms with van der Waals surface area (Å²) in [5.41, 5.74) is 2.02. The molecule has 4 heterocycles. The van der Waals surface area contributed by atoms with Crippen LogP contribution in [0, 0.1) is 5.92 Å². The van der Waals surface area contributed by atoms with Gasteiger partial charge in [0.2, 0.25) is 5.95 Å². The molecule has 0 aromatic carbocycles. The molecule has 2 saturated heterocycles. The molecule has 4 rings (SSSR count). The van der Waals surface area contributed by atoms with E-state index < -0.39 is 5.60 Å². The van der Waals surface area contributed by atoms with Crippen molar-refractivity contribution in [2.75, 3.05) is 51.3 Å². The molecule has 8 heteroatoms. The average Bonchev–Trinajstić information content (AvgIpc) is 2.65. The Morgan fingerprint density at radius 1 is 1.20 bits per heavy atom. The van der Waals surface area contributed by atoms with Gasteiger partial charge in [0.25, 0.3) is 0 Å². The lowest BCUT2D eigenvalue weighted by Gasteiger charge is -2.40. The lowest BCUT2D eigenvalue weighted by Crippen LogP contribution is -2.56. The molecule has 2 fully saturated rings. The molecule has 0 spiro atoms. The van der Waals surface area contributed by atoms with Crippen LogP contribution in [-0.4, -0.2) is 83.9 Å². The largest absolute Gasteiger partial charge is 0.444 e. The van der Waals surface area contributed by atoms with Crippen LogP contribution < -0.4 is 4.90 Å². The van der Waals surface area contributed by atoms with Gasteiger partial charge in [-0.05, 0) is 46.6 Å². The molecular formula is C22H35N5O3. The summed E-state index contributed by atoms with van der Waals surface area (Å²) in [6.07, 6.45) is 5.09. The minimum Gasteiger partial charge on any atom is -0.444 e. The third-order valence-electron chi connectivity index (χ3n) is 6.08. The number of ether oxygens (including phenoxy) is 2. The maximum absolute atomic E-state index is 12.0. The molecule has 1 aromatic heterocycles. The summed E-state index contributed by atoms with van der Waals surface area (Å²) in [4.78, 5) is 27.8. The molecule has 3 aliphatic heterocycles. The van der Waals surface area contributed by atoms with Gasteiger partial charge >= 0.3 is 6.09 Å². The fraction of sp³-hybridized carbons (Fsp3) is 0.773. The molecule has 30 heavy (non-hydrogen) atoms. The van der Waals surface area contributed by atoms with E-state index in [1.54, 1.807) is 4.90 Å². The minimum atomic E-state index is -0.449. The lowest BCUT2D eigenvalue weighted by atomic mass is 9.98. The van der Waals surface area contributed by atoms with E-state index in [9.17, 15) is 4.79 Å². The quantitative estimate of drug-likeness (QED) is 0.744. The number of carbonyl (C=O) groups is 1. The summed E-state index contributed by atoms with van der Waals surface area (Å²) in [7, 11) is 2.14. The summed E-state index contributed by atoms with van der Waals surface area (Å²) in [6.45, 7) is 11.6. The van der Waals surface area contributed by atoms with E-state index in [0.29, 0.717) is 19.0 Å². The Morgan fingerprint density at radius 3 is 2.63 bits per heavy atom. The van der Waals surface area contributed by atoms with Gasteiger partial charge in [-0.25, -0.2) is 14.8 Å². The van der Waals surface area contributed by atoms with Gasteiger partial charge in [-0.1, -0.05) is 0 Å². The number of likely N-dealkylation sites (tertiary alicyclic amines) is 1. The number of amides is 1. The van der Waals surface area contributed by atoms with Gasteiger partial charge in [0.15, 0.2) is 0 Å². The Labute approximate surface area is 179 Å². The number of carbonyl (C=O) groups excluding carboxylic acids is 1. The van der Waals surface area contributed by atoms with Gasteiger partial charge < -0.3 is 24.2 Å². The minimum absolute atomic E-state index is 0.137. The molecule has 1 amide bonds. The van der Waals surface area contributed by atoms with Crippen LogP contribution in [0.1, 0.15) is 44.9 Å². The summed E-state index contributed by atoms with van der Waals surface area (Å²) in [5, 5.41) is 0. The number of piperidine rings is 1. The van der Waals surface area contributed by atoms with Crippen molar-refractivity contribution in [3.05, 3.63) is 17.5 Å². The zero-order valence-corrected chi connectivity index (χ0v) is 18.8. The van der Waals surface area contributed by atoms with Crippen LogP contribution in [0.2, 0.25) is 0 Å². The molecule has 0 unspecified atom stereocenters. The molecule has 0 atom stereocenters. The maximum Gasteiger partial charge on any atom is 0.410 e. The average molecular weight is 418 g/mol. The molecule has 0 radical (unpaired) electrons. The highest BCUT2D eigenvalue weighted by Crippen LogP contribution is 2.25. The highest BCUT2D eigenvalue weighted by molar-refractivity contribution is 5.69. The monoisotopic (exact) mass is 417 g/mol. The van der Waals surface area contributed by atoms with E-state index in [-0.39, 0.29) is 12.2 Å². The molecule has 0 saturated carbocycles. The van der Waals surface area contributed by atoms with Crippen LogP contribution in [0.15, 0.2) is 6.20 Å². The van der Waals surface area contributed by atoms with E-state index >= 15 is 0 Å². The highest BCUT2D eigenvalue weighted by Gasteiger charge is 2.35. The summed E-state index contributed by atoms with van der Waals surface area (Å²) in [5.74, 6) is 1.44. The molecule has 166 valence electrons. The van der Waals surface area contributed by atoms with E-state index in [0.717, 1.165) is 58.0 Å². The maximum atomic E-state index is 12.0. The Balaban J connectivity index is 1.17. The van der Waals surface area contributed by atoms with Crippen molar-refractivity contribution >= 4 is 12.0 Å². The van der Waals surface area contributed by atoms with Gasteiger partial charge in [0.1, 0.15) is 5.60 Å². The van der Waals surface area contributed by atoms with Crippen molar-refractivity contribution in [2.45, 2.75) is 58.3 Å². The topological polar surface area (TPSA) is 71.0 Å². The SMILES string of the molecule is CN1CCc2nc(N3CCC(COC4CN(C(=O)OC(C)(C)C)C4)CC3)ncc2C1. The second-order valence-corrected chi connectivity index (χ2v) is 9.90. The number of aromatic nitrogens is 2. The van der Waals surface area contributed by atoms with E-state index in [1.807, 2.05) is 27.0 Å². The van der Waals surface area contributed by atoms with Crippen molar-refractivity contribution in [3.8, 4) is 0 Å². The normalized spacial score (nSPS) is 21.3. The first-order valence-corrected chi connectivity index (χ1v) is 11.1. The fourth-order valence-corrected chi connectivity index (χ4v) is 4.19. The van der Waals surface area contributed by atoms with Crippen LogP contribution in [0.5, 0.6) is 0 Å². The first-order chi connectivity index (χ1) is 14.3. The summed E-state index contributed by atoms with van der Waals surface area (Å²) >= 11 is 0. The number of anilines is 1. The molecule has 0 N–H and O–H groups in total. The zero-order valence-electron chi connectivity index (χ0n) is 18.8. The van der Waals surface area contributed by atoms with Crippen molar-refractivity contribution in [1.29, 1.82) is 0 Å². The first-order valence-electron chi connectivity index (χ1n) is 11.1. The number of rotatable bonds is 4. The number of nitrogens with zero attached hydrogens (tertiary/aromatic N) is 5. The van der Waals surface area contributed by atoms with Crippen LogP contribution in [-0.2, 0) is 22.4 Å². The molecular weight excluding hydrogens is 382 g/mol. The summed E-state index contributed by atoms with van der Waals surface area (Å²) in [6, 6.07) is 0. The Bertz CT molecular complexity index is 752. The van der Waals surface area contributed by atoms with Crippen LogP contribution in [0.3, 0.4) is 0 Å². The van der Waals surface area contributed by atoms with Crippen LogP contribution in [0.25, 0.3) is 0 Å². The smallest absolute Gasteiger partial charge is 0.410 e. The number of hydrogen-bond acceptors (Lipinski definition) is 7. The molecule has 1 aromatic rings. The standard InChI is InChI=1S/C22H35N5O3/c1-22(2,3)30-21(28)27-13-18(14-27)29-15-16-5-9-26(10-6-16)20-23-11-17-12-25(4)8-7-19(17)24-20/h11,16,18H,5-10,12-15H2,1-4H3. The van der Waals surface area contributed by atoms with Crippen molar-refractivity contribution in [3.63, 3.8) is 0 Å². The number of fused-ring (bicyclic) bond motifs is 1. The second kappa shape index (κ2) is 8.67. The van der Waals surface area contributed by atoms with E-state index in [4.69, 9.17) is 14.5 Å². The van der Waals surface area contributed by atoms with E-state index in [2.05, 4.69) is 21.8 Å². The predicted molar refractivity (Wildman–Crippen MR) is 115 cm³/mol. The second-order valence-electron chi connectivity index (χ2n) is 9.90. The fourth-order valence-electron chi connectivity index (χ4n) is 4.19. The van der Waals surface area contributed by atoms with E-state index in [1.165, 1.54) is 11.3 Å². The van der Waals surface area contributed by atoms with Crippen LogP contribution >= 0.6 is 0 Å². The van der Waals surface area contributed by atoms with Gasteiger partial charge in [0.05, 0.1) is 31.5 Å². The van der Waals surface area contributed by atoms with Gasteiger partial charge in [0, 0.05) is 44.4 Å². The molecule has 0 bridgehead atoms. The lowest BCUT2D eigenvalue weighted by molar-refractivity contribution is -0.0728. The van der Waals surface area contributed by atoms with Crippen molar-refractivity contribution < 1.29 is 14.3 Å². The molecule has 0 aliphatic carbocycles. The number of hydrogen-bond donors (Lipinski definition) is 0. The van der Waals surface area contributed by atoms with Gasteiger partial charge in [-0.3, -0.25) is 0 Å². The molecule has 8 nitrogen and oxygen atoms in total. The Morgan fingerprint density at radius 2 is 1.93 bits per heavy atom. The Hall–Kier alpha value is -1.93. The Kier molecular flexibility index (Phi) is 6.16. The van der Waals surface area contributed by atoms with Gasteiger partial charge in [-0.2, -0.15) is 0 Å². The summed E-state index contributed by atoms with van der Waals surface area (Å²) < 4.78 is 11.4. The predicted octanol–water partition coefficient (Wildman–Crippen LogP) is 2.32. The third-order valence-corrected chi connectivity index (χ3v) is 6.08.